The SMILES string of the molecule is CCN(CC)C(C)(CC)C(N)c1nccn1CC. The molecule has 0 aliphatic heterocycles. The van der Waals surface area contributed by atoms with Crippen LogP contribution >= 0.6 is 0 Å². The first-order valence-electron chi connectivity index (χ1n) is 7.06. The van der Waals surface area contributed by atoms with E-state index < -0.39 is 0 Å². The highest BCUT2D eigenvalue weighted by molar-refractivity contribution is 5.08. The normalized spacial score (nSPS) is 16.8. The van der Waals surface area contributed by atoms with Gasteiger partial charge in [-0.25, -0.2) is 4.98 Å². The van der Waals surface area contributed by atoms with Crippen molar-refractivity contribution in [3.05, 3.63) is 18.2 Å². The van der Waals surface area contributed by atoms with Crippen LogP contribution in [0.25, 0.3) is 0 Å². The third-order valence-electron chi connectivity index (χ3n) is 4.24. The zero-order valence-corrected chi connectivity index (χ0v) is 12.5. The summed E-state index contributed by atoms with van der Waals surface area (Å²) in [7, 11) is 0. The quantitative estimate of drug-likeness (QED) is 0.810. The molecule has 4 nitrogen and oxygen atoms in total. The van der Waals surface area contributed by atoms with E-state index in [1.165, 1.54) is 0 Å². The van der Waals surface area contributed by atoms with Crippen molar-refractivity contribution < 1.29 is 0 Å². The van der Waals surface area contributed by atoms with Crippen LogP contribution in [0.5, 0.6) is 0 Å². The van der Waals surface area contributed by atoms with Gasteiger partial charge in [0.15, 0.2) is 0 Å². The molecule has 0 bridgehead atoms. The van der Waals surface area contributed by atoms with Crippen molar-refractivity contribution >= 4 is 0 Å². The summed E-state index contributed by atoms with van der Waals surface area (Å²) in [4.78, 5) is 6.90. The molecule has 2 N–H and O–H groups in total. The number of rotatable bonds is 7. The lowest BCUT2D eigenvalue weighted by Crippen LogP contribution is -2.53. The fourth-order valence-corrected chi connectivity index (χ4v) is 2.73. The molecule has 1 aromatic rings. The zero-order chi connectivity index (χ0) is 13.8. The van der Waals surface area contributed by atoms with E-state index in [2.05, 4.69) is 49.1 Å². The maximum absolute atomic E-state index is 6.53. The minimum atomic E-state index is -0.0580. The van der Waals surface area contributed by atoms with Crippen LogP contribution in [0, 0.1) is 0 Å². The van der Waals surface area contributed by atoms with Crippen LogP contribution < -0.4 is 5.73 Å². The average molecular weight is 252 g/mol. The summed E-state index contributed by atoms with van der Waals surface area (Å²) in [6.45, 7) is 13.9. The van der Waals surface area contributed by atoms with Crippen LogP contribution in [0.2, 0.25) is 0 Å². The van der Waals surface area contributed by atoms with E-state index in [0.29, 0.717) is 0 Å². The van der Waals surface area contributed by atoms with Crippen LogP contribution in [-0.4, -0.2) is 33.1 Å². The Labute approximate surface area is 111 Å². The predicted molar refractivity (Wildman–Crippen MR) is 76.4 cm³/mol. The average Bonchev–Trinajstić information content (AvgIpc) is 2.86. The maximum Gasteiger partial charge on any atom is 0.127 e. The van der Waals surface area contributed by atoms with Crippen LogP contribution in [0.15, 0.2) is 12.4 Å². The lowest BCUT2D eigenvalue weighted by molar-refractivity contribution is 0.0803. The monoisotopic (exact) mass is 252 g/mol. The Kier molecular flexibility index (Phi) is 5.35. The molecule has 0 saturated heterocycles. The minimum Gasteiger partial charge on any atom is -0.334 e. The Morgan fingerprint density at radius 3 is 2.39 bits per heavy atom. The first kappa shape index (κ1) is 15.2. The highest BCUT2D eigenvalue weighted by atomic mass is 15.2. The molecule has 0 aliphatic rings. The molecule has 0 aliphatic carbocycles. The van der Waals surface area contributed by atoms with Crippen LogP contribution in [-0.2, 0) is 6.54 Å². The van der Waals surface area contributed by atoms with Gasteiger partial charge in [0, 0.05) is 24.5 Å². The molecule has 1 rings (SSSR count). The van der Waals surface area contributed by atoms with Crippen LogP contribution in [0.1, 0.15) is 52.9 Å². The smallest absolute Gasteiger partial charge is 0.127 e. The van der Waals surface area contributed by atoms with Crippen LogP contribution in [0.4, 0.5) is 0 Å². The first-order chi connectivity index (χ1) is 8.54. The van der Waals surface area contributed by atoms with Gasteiger partial charge in [-0.3, -0.25) is 4.90 Å². The highest BCUT2D eigenvalue weighted by Gasteiger charge is 2.37. The van der Waals surface area contributed by atoms with Gasteiger partial charge in [0.25, 0.3) is 0 Å². The van der Waals surface area contributed by atoms with Crippen molar-refractivity contribution in [3.8, 4) is 0 Å². The summed E-state index contributed by atoms with van der Waals surface area (Å²) in [5.74, 6) is 0.994. The summed E-state index contributed by atoms with van der Waals surface area (Å²) in [5.41, 5.74) is 6.49. The van der Waals surface area contributed by atoms with Crippen molar-refractivity contribution in [2.75, 3.05) is 13.1 Å². The van der Waals surface area contributed by atoms with Gasteiger partial charge in [0.2, 0.25) is 0 Å². The minimum absolute atomic E-state index is 0.0399. The highest BCUT2D eigenvalue weighted by Crippen LogP contribution is 2.31. The second-order valence-electron chi connectivity index (χ2n) is 4.93. The third-order valence-corrected chi connectivity index (χ3v) is 4.24. The van der Waals surface area contributed by atoms with Gasteiger partial charge >= 0.3 is 0 Å². The molecule has 2 atom stereocenters. The molecule has 0 radical (unpaired) electrons. The molecule has 0 spiro atoms. The summed E-state index contributed by atoms with van der Waals surface area (Å²) in [6.07, 6.45) is 4.87. The van der Waals surface area contributed by atoms with Crippen LogP contribution in [0.3, 0.4) is 0 Å². The maximum atomic E-state index is 6.53. The fraction of sp³-hybridized carbons (Fsp3) is 0.786. The Bertz CT molecular complexity index is 356. The number of aromatic nitrogens is 2. The Hall–Kier alpha value is -0.870. The number of imidazole rings is 1. The van der Waals surface area contributed by atoms with E-state index >= 15 is 0 Å². The molecular weight excluding hydrogens is 224 g/mol. The molecule has 2 unspecified atom stereocenters. The largest absolute Gasteiger partial charge is 0.334 e. The van der Waals surface area contributed by atoms with Crippen molar-refractivity contribution in [1.82, 2.24) is 14.5 Å². The molecule has 1 heterocycles. The van der Waals surface area contributed by atoms with Gasteiger partial charge in [0.05, 0.1) is 6.04 Å². The lowest BCUT2D eigenvalue weighted by atomic mass is 9.87. The predicted octanol–water partition coefficient (Wildman–Crippen LogP) is 2.41. The Morgan fingerprint density at radius 2 is 1.94 bits per heavy atom. The van der Waals surface area contributed by atoms with Gasteiger partial charge in [-0.05, 0) is 33.4 Å². The Balaban J connectivity index is 3.08. The van der Waals surface area contributed by atoms with E-state index in [0.717, 1.165) is 31.9 Å². The molecule has 18 heavy (non-hydrogen) atoms. The summed E-state index contributed by atoms with van der Waals surface area (Å²) < 4.78 is 2.14. The molecular formula is C14H28N4. The molecule has 0 amide bonds. The van der Waals surface area contributed by atoms with E-state index in [-0.39, 0.29) is 11.6 Å². The number of nitrogens with two attached hydrogens (primary N) is 1. The summed E-state index contributed by atoms with van der Waals surface area (Å²) in [6, 6.07) is -0.0580. The standard InChI is InChI=1S/C14H28N4/c1-6-14(5,18(8-3)9-4)12(15)13-16-10-11-17(13)7-2/h10-12H,6-9,15H2,1-5H3. The third kappa shape index (κ3) is 2.59. The van der Waals surface area contributed by atoms with E-state index in [4.69, 9.17) is 5.73 Å². The van der Waals surface area contributed by atoms with Gasteiger partial charge < -0.3 is 10.3 Å². The van der Waals surface area contributed by atoms with Gasteiger partial charge in [-0.1, -0.05) is 20.8 Å². The van der Waals surface area contributed by atoms with Gasteiger partial charge in [-0.2, -0.15) is 0 Å². The molecule has 4 heteroatoms. The number of hydrogen-bond acceptors (Lipinski definition) is 3. The lowest BCUT2D eigenvalue weighted by Gasteiger charge is -2.43. The molecule has 0 saturated carbocycles. The molecule has 104 valence electrons. The van der Waals surface area contributed by atoms with Crippen molar-refractivity contribution in [2.24, 2.45) is 5.73 Å². The number of aryl methyl sites for hydroxylation is 1. The first-order valence-corrected chi connectivity index (χ1v) is 7.06. The van der Waals surface area contributed by atoms with E-state index in [1.807, 2.05) is 12.4 Å². The summed E-state index contributed by atoms with van der Waals surface area (Å²) >= 11 is 0. The Morgan fingerprint density at radius 1 is 1.33 bits per heavy atom. The number of nitrogens with zero attached hydrogens (tertiary/aromatic N) is 3. The molecule has 0 fully saturated rings. The van der Waals surface area contributed by atoms with Crippen molar-refractivity contribution in [2.45, 2.75) is 59.2 Å². The zero-order valence-electron chi connectivity index (χ0n) is 12.5. The van der Waals surface area contributed by atoms with Crippen molar-refractivity contribution in [1.29, 1.82) is 0 Å². The van der Waals surface area contributed by atoms with Crippen molar-refractivity contribution in [3.63, 3.8) is 0 Å². The molecule has 1 aromatic heterocycles. The second-order valence-corrected chi connectivity index (χ2v) is 4.93. The van der Waals surface area contributed by atoms with E-state index in [9.17, 15) is 0 Å². The topological polar surface area (TPSA) is 47.1 Å². The van der Waals surface area contributed by atoms with E-state index in [1.54, 1.807) is 0 Å². The number of likely N-dealkylation sites (N-methyl/N-ethyl adjacent to an activating group) is 1. The molecule has 0 aromatic carbocycles. The summed E-state index contributed by atoms with van der Waals surface area (Å²) in [5, 5.41) is 0. The van der Waals surface area contributed by atoms with Gasteiger partial charge in [0.1, 0.15) is 5.82 Å². The fourth-order valence-electron chi connectivity index (χ4n) is 2.73. The second kappa shape index (κ2) is 6.34. The van der Waals surface area contributed by atoms with Gasteiger partial charge in [-0.15, -0.1) is 0 Å². The number of hydrogen-bond donors (Lipinski definition) is 1.